The fourth-order valence-electron chi connectivity index (χ4n) is 2.53. The van der Waals surface area contributed by atoms with Crippen LogP contribution in [0.3, 0.4) is 0 Å². The first-order chi connectivity index (χ1) is 9.11. The Morgan fingerprint density at radius 3 is 2.95 bits per heavy atom. The molecule has 0 bridgehead atoms. The molecule has 0 saturated carbocycles. The molecule has 1 aromatic heterocycles. The summed E-state index contributed by atoms with van der Waals surface area (Å²) in [5.74, 6) is 0.213. The van der Waals surface area contributed by atoms with Crippen LogP contribution in [0.5, 0.6) is 0 Å². The lowest BCUT2D eigenvalue weighted by atomic mass is 10.1. The van der Waals surface area contributed by atoms with E-state index in [1.165, 1.54) is 11.3 Å². The van der Waals surface area contributed by atoms with Crippen molar-refractivity contribution in [3.63, 3.8) is 0 Å². The van der Waals surface area contributed by atoms with Crippen molar-refractivity contribution in [1.82, 2.24) is 4.90 Å². The van der Waals surface area contributed by atoms with E-state index in [1.54, 1.807) is 0 Å². The number of amides is 1. The highest BCUT2D eigenvalue weighted by molar-refractivity contribution is 7.20. The highest BCUT2D eigenvalue weighted by atomic mass is 35.5. The zero-order valence-electron chi connectivity index (χ0n) is 10.7. The first-order valence-corrected chi connectivity index (χ1v) is 8.12. The summed E-state index contributed by atoms with van der Waals surface area (Å²) in [5.41, 5.74) is 6.72. The molecule has 2 N–H and O–H groups in total. The molecular weight excluding hydrogens is 303 g/mol. The average molecular weight is 321 g/mol. The van der Waals surface area contributed by atoms with Crippen LogP contribution in [0.25, 0.3) is 0 Å². The molecule has 2 rings (SSSR count). The predicted octanol–water partition coefficient (Wildman–Crippen LogP) is 3.33. The Hall–Kier alpha value is -0.290. The molecule has 0 aliphatic carbocycles. The van der Waals surface area contributed by atoms with Crippen molar-refractivity contribution in [2.75, 3.05) is 13.1 Å². The third-order valence-electron chi connectivity index (χ3n) is 3.53. The van der Waals surface area contributed by atoms with Gasteiger partial charge in [-0.15, -0.1) is 11.3 Å². The quantitative estimate of drug-likeness (QED) is 0.904. The summed E-state index contributed by atoms with van der Waals surface area (Å²) >= 11 is 13.3. The van der Waals surface area contributed by atoms with Crippen LogP contribution < -0.4 is 5.73 Å². The maximum absolute atomic E-state index is 12.1. The van der Waals surface area contributed by atoms with Gasteiger partial charge < -0.3 is 10.6 Å². The van der Waals surface area contributed by atoms with Gasteiger partial charge in [0.15, 0.2) is 0 Å². The van der Waals surface area contributed by atoms with Gasteiger partial charge in [-0.1, -0.05) is 23.2 Å². The number of aryl methyl sites for hydroxylation is 1. The summed E-state index contributed by atoms with van der Waals surface area (Å²) in [5, 5.41) is 0. The Morgan fingerprint density at radius 1 is 1.53 bits per heavy atom. The normalized spacial score (nSPS) is 19.1. The molecule has 1 amide bonds. The van der Waals surface area contributed by atoms with E-state index in [9.17, 15) is 4.79 Å². The Balaban J connectivity index is 1.79. The first-order valence-electron chi connectivity index (χ1n) is 6.55. The van der Waals surface area contributed by atoms with Crippen molar-refractivity contribution in [2.45, 2.75) is 38.1 Å². The molecule has 0 aromatic carbocycles. The van der Waals surface area contributed by atoms with E-state index < -0.39 is 0 Å². The van der Waals surface area contributed by atoms with E-state index >= 15 is 0 Å². The van der Waals surface area contributed by atoms with Crippen molar-refractivity contribution >= 4 is 40.4 Å². The second-order valence-electron chi connectivity index (χ2n) is 4.82. The Bertz CT molecular complexity index is 450. The number of nitrogens with two attached hydrogens (primary N) is 1. The molecule has 1 saturated heterocycles. The number of nitrogens with zero attached hydrogens (tertiary/aromatic N) is 1. The van der Waals surface area contributed by atoms with Gasteiger partial charge in [0.1, 0.15) is 0 Å². The monoisotopic (exact) mass is 320 g/mol. The topological polar surface area (TPSA) is 46.3 Å². The van der Waals surface area contributed by atoms with E-state index in [4.69, 9.17) is 28.9 Å². The molecule has 1 fully saturated rings. The SMILES string of the molecule is NCC1CCCN1C(=O)CCCc1cc(Cl)sc1Cl. The lowest BCUT2D eigenvalue weighted by Crippen LogP contribution is -2.39. The molecule has 6 heteroatoms. The van der Waals surface area contributed by atoms with Crippen LogP contribution in [-0.4, -0.2) is 29.9 Å². The minimum absolute atomic E-state index is 0.213. The number of thiophene rings is 1. The van der Waals surface area contributed by atoms with Crippen LogP contribution in [0.15, 0.2) is 6.07 Å². The number of hydrogen-bond acceptors (Lipinski definition) is 3. The smallest absolute Gasteiger partial charge is 0.222 e. The number of likely N-dealkylation sites (tertiary alicyclic amines) is 1. The third kappa shape index (κ3) is 3.85. The molecule has 1 aromatic rings. The fourth-order valence-corrected chi connectivity index (χ4v) is 4.07. The maximum Gasteiger partial charge on any atom is 0.222 e. The molecule has 1 atom stereocenters. The van der Waals surface area contributed by atoms with Crippen LogP contribution >= 0.6 is 34.5 Å². The van der Waals surface area contributed by atoms with E-state index in [0.717, 1.165) is 42.1 Å². The number of halogens is 2. The van der Waals surface area contributed by atoms with Gasteiger partial charge in [-0.2, -0.15) is 0 Å². The molecule has 106 valence electrons. The second kappa shape index (κ2) is 6.93. The molecule has 2 heterocycles. The number of carbonyl (C=O) groups excluding carboxylic acids is 1. The summed E-state index contributed by atoms with van der Waals surface area (Å²) in [6.45, 7) is 1.42. The van der Waals surface area contributed by atoms with E-state index in [2.05, 4.69) is 0 Å². The van der Waals surface area contributed by atoms with Crippen LogP contribution in [0.1, 0.15) is 31.2 Å². The van der Waals surface area contributed by atoms with E-state index in [1.807, 2.05) is 11.0 Å². The molecule has 1 aliphatic heterocycles. The van der Waals surface area contributed by atoms with E-state index in [0.29, 0.717) is 17.3 Å². The predicted molar refractivity (Wildman–Crippen MR) is 81.1 cm³/mol. The number of hydrogen-bond donors (Lipinski definition) is 1. The highest BCUT2D eigenvalue weighted by Crippen LogP contribution is 2.32. The second-order valence-corrected chi connectivity index (χ2v) is 7.11. The molecule has 19 heavy (non-hydrogen) atoms. The van der Waals surface area contributed by atoms with Crippen molar-refractivity contribution in [1.29, 1.82) is 0 Å². The number of carbonyl (C=O) groups is 1. The van der Waals surface area contributed by atoms with Gasteiger partial charge in [0.05, 0.1) is 8.67 Å². The van der Waals surface area contributed by atoms with Gasteiger partial charge in [0.2, 0.25) is 5.91 Å². The van der Waals surface area contributed by atoms with Crippen LogP contribution in [0, 0.1) is 0 Å². The van der Waals surface area contributed by atoms with Gasteiger partial charge in [-0.05, 0) is 37.3 Å². The van der Waals surface area contributed by atoms with Crippen molar-refractivity contribution in [2.24, 2.45) is 5.73 Å². The van der Waals surface area contributed by atoms with Gasteiger partial charge in [-0.25, -0.2) is 0 Å². The molecule has 0 spiro atoms. The summed E-state index contributed by atoms with van der Waals surface area (Å²) in [7, 11) is 0. The summed E-state index contributed by atoms with van der Waals surface area (Å²) in [6.07, 6.45) is 4.27. The standard InChI is InChI=1S/C13H18Cl2N2OS/c14-11-7-9(13(15)19-11)3-1-5-12(18)17-6-2-4-10(17)8-16/h7,10H,1-6,8,16H2. The van der Waals surface area contributed by atoms with Crippen LogP contribution in [0.2, 0.25) is 8.67 Å². The molecule has 0 radical (unpaired) electrons. The summed E-state index contributed by atoms with van der Waals surface area (Å²) in [4.78, 5) is 14.0. The number of rotatable bonds is 5. The first kappa shape index (κ1) is 15.1. The summed E-state index contributed by atoms with van der Waals surface area (Å²) < 4.78 is 1.44. The zero-order valence-corrected chi connectivity index (χ0v) is 13.0. The average Bonchev–Trinajstić information content (AvgIpc) is 2.96. The molecular formula is C13H18Cl2N2OS. The molecule has 1 aliphatic rings. The lowest BCUT2D eigenvalue weighted by molar-refractivity contribution is -0.131. The van der Waals surface area contributed by atoms with Gasteiger partial charge in [0.25, 0.3) is 0 Å². The van der Waals surface area contributed by atoms with Gasteiger partial charge >= 0.3 is 0 Å². The van der Waals surface area contributed by atoms with Crippen molar-refractivity contribution < 1.29 is 4.79 Å². The minimum atomic E-state index is 0.213. The molecule has 3 nitrogen and oxygen atoms in total. The maximum atomic E-state index is 12.1. The largest absolute Gasteiger partial charge is 0.338 e. The van der Waals surface area contributed by atoms with Gasteiger partial charge in [-0.3, -0.25) is 4.79 Å². The van der Waals surface area contributed by atoms with Crippen LogP contribution in [-0.2, 0) is 11.2 Å². The van der Waals surface area contributed by atoms with Gasteiger partial charge in [0, 0.05) is 25.6 Å². The molecule has 1 unspecified atom stereocenters. The van der Waals surface area contributed by atoms with Crippen LogP contribution in [0.4, 0.5) is 0 Å². The Morgan fingerprint density at radius 2 is 2.32 bits per heavy atom. The lowest BCUT2D eigenvalue weighted by Gasteiger charge is -2.23. The highest BCUT2D eigenvalue weighted by Gasteiger charge is 2.26. The van der Waals surface area contributed by atoms with E-state index in [-0.39, 0.29) is 11.9 Å². The minimum Gasteiger partial charge on any atom is -0.338 e. The Kier molecular flexibility index (Phi) is 5.51. The van der Waals surface area contributed by atoms with Crippen molar-refractivity contribution in [3.8, 4) is 0 Å². The van der Waals surface area contributed by atoms with Crippen molar-refractivity contribution in [3.05, 3.63) is 20.3 Å². The Labute approximate surface area is 127 Å². The third-order valence-corrected chi connectivity index (χ3v) is 5.10. The zero-order chi connectivity index (χ0) is 13.8. The summed E-state index contributed by atoms with van der Waals surface area (Å²) in [6, 6.07) is 2.13. The fraction of sp³-hybridized carbons (Fsp3) is 0.615.